The number of nitrogens with one attached hydrogen (secondary N) is 1. The van der Waals surface area contributed by atoms with Crippen LogP contribution in [-0.2, 0) is 19.9 Å². The Morgan fingerprint density at radius 1 is 1.56 bits per heavy atom. The van der Waals surface area contributed by atoms with Crippen LogP contribution in [-0.4, -0.2) is 43.7 Å². The summed E-state index contributed by atoms with van der Waals surface area (Å²) >= 11 is 0. The Balaban J connectivity index is 0.00000156. The van der Waals surface area contributed by atoms with Crippen LogP contribution in [0.15, 0.2) is 11.1 Å². The number of aliphatic hydroxyl groups is 1. The van der Waals surface area contributed by atoms with Gasteiger partial charge in [-0.3, -0.25) is 14.3 Å². The largest absolute Gasteiger partial charge is 1.00 e. The van der Waals surface area contributed by atoms with Gasteiger partial charge in [0.25, 0.3) is 11.5 Å². The molecule has 2 aromatic heterocycles. The van der Waals surface area contributed by atoms with E-state index in [1.807, 2.05) is 0 Å². The summed E-state index contributed by atoms with van der Waals surface area (Å²) in [5.74, 6) is -2.03. The predicted molar refractivity (Wildman–Crippen MR) is 70.7 cm³/mol. The minimum Gasteiger partial charge on any atom is -0.809 e. The molecule has 15 heteroatoms. The van der Waals surface area contributed by atoms with Gasteiger partial charge < -0.3 is 34.7 Å². The summed E-state index contributed by atoms with van der Waals surface area (Å²) in [6.45, 7) is -0.166. The second-order valence-corrected chi connectivity index (χ2v) is 6.48. The van der Waals surface area contributed by atoms with Crippen molar-refractivity contribution in [3.05, 3.63) is 16.7 Å². The Morgan fingerprint density at radius 2 is 2.24 bits per heavy atom. The molecule has 1 aliphatic heterocycles. The quantitative estimate of drug-likeness (QED) is 0.333. The normalized spacial score (nSPS) is 23.2. The molecule has 3 rings (SSSR count). The van der Waals surface area contributed by atoms with E-state index in [1.165, 1.54) is 0 Å². The van der Waals surface area contributed by atoms with Gasteiger partial charge in [0, 0.05) is 0 Å². The number of rotatable bonds is 4. The number of nitrogens with zero attached hydrogens (tertiary/aromatic N) is 3. The molecular weight excluding hydrogens is 379 g/mol. The Hall–Kier alpha value is 0.180. The fourth-order valence-corrected chi connectivity index (χ4v) is 2.70. The van der Waals surface area contributed by atoms with E-state index in [4.69, 9.17) is 15.2 Å². The van der Waals surface area contributed by atoms with Crippen LogP contribution in [0.1, 0.15) is 6.42 Å². The van der Waals surface area contributed by atoms with Gasteiger partial charge in [-0.1, -0.05) is 0 Å². The third-order valence-electron chi connectivity index (χ3n) is 3.24. The number of aromatic nitrogens is 4. The number of H-pyrrole nitrogens is 1. The summed E-state index contributed by atoms with van der Waals surface area (Å²) in [5, 5.41) is 9.70. The zero-order valence-corrected chi connectivity index (χ0v) is 18.4. The maximum Gasteiger partial charge on any atom is 1.00 e. The number of anilines is 1. The van der Waals surface area contributed by atoms with Crippen LogP contribution in [0, 0.1) is 0 Å². The van der Waals surface area contributed by atoms with Crippen molar-refractivity contribution in [1.29, 1.82) is 0 Å². The first-order valence-corrected chi connectivity index (χ1v) is 8.13. The predicted octanol–water partition coefficient (Wildman–Crippen LogP) is -9.01. The van der Waals surface area contributed by atoms with Gasteiger partial charge in [0.1, 0.15) is 6.33 Å². The maximum atomic E-state index is 11.8. The van der Waals surface area contributed by atoms with Crippen molar-refractivity contribution in [3.63, 3.8) is 0 Å². The molecule has 25 heavy (non-hydrogen) atoms. The van der Waals surface area contributed by atoms with Crippen molar-refractivity contribution in [2.24, 2.45) is 0 Å². The van der Waals surface area contributed by atoms with E-state index in [0.717, 1.165) is 10.9 Å². The Bertz CT molecular complexity index is 854. The van der Waals surface area contributed by atoms with E-state index in [9.17, 15) is 24.3 Å². The summed E-state index contributed by atoms with van der Waals surface area (Å²) in [7, 11) is -4.99. The average Bonchev–Trinajstić information content (AvgIpc) is 3.00. The minimum atomic E-state index is -4.99. The number of hydrogen-bond donors (Lipinski definition) is 3. The van der Waals surface area contributed by atoms with Gasteiger partial charge in [0.2, 0.25) is 5.95 Å². The zero-order chi connectivity index (χ0) is 16.8. The molecular formula is C10H12N5Na2O7P. The number of aliphatic hydroxyl groups excluding tert-OH is 1. The van der Waals surface area contributed by atoms with Gasteiger partial charge in [0.05, 0.1) is 25.5 Å². The fourth-order valence-electron chi connectivity index (χ4n) is 2.34. The Labute approximate surface area is 184 Å². The van der Waals surface area contributed by atoms with Crippen LogP contribution in [0.5, 0.6) is 0 Å². The average molecular weight is 391 g/mol. The number of hydrogen-bond acceptors (Lipinski definition) is 10. The molecule has 2 atom stereocenters. The van der Waals surface area contributed by atoms with Gasteiger partial charge in [-0.2, -0.15) is 4.98 Å². The van der Waals surface area contributed by atoms with Crippen LogP contribution in [0.3, 0.4) is 0 Å². The standard InChI is InChI=1S/C10H14N5O7P.2Na/c11-9-13-7-6(8(17)14-9)12-3-15(7)10(1-5(16)2-21-10)22-4-23(18,19)20;;/h3,5,16H,1-2,4H2,(H2,18,19,20)(H3,11,13,14,17);;/q;2*+1/p-2/t5-,10-;;/m0../s1. The van der Waals surface area contributed by atoms with Crippen molar-refractivity contribution in [3.8, 4) is 0 Å². The van der Waals surface area contributed by atoms with Crippen LogP contribution in [0.25, 0.3) is 11.2 Å². The first kappa shape index (κ1) is 23.2. The molecule has 0 spiro atoms. The molecule has 0 unspecified atom stereocenters. The summed E-state index contributed by atoms with van der Waals surface area (Å²) in [4.78, 5) is 43.5. The zero-order valence-electron chi connectivity index (χ0n) is 13.5. The first-order valence-electron chi connectivity index (χ1n) is 6.41. The van der Waals surface area contributed by atoms with E-state index in [-0.39, 0.29) is 89.3 Å². The molecule has 0 aliphatic carbocycles. The van der Waals surface area contributed by atoms with Crippen molar-refractivity contribution in [1.82, 2.24) is 19.5 Å². The molecule has 0 bridgehead atoms. The second-order valence-electron chi connectivity index (χ2n) is 5.00. The maximum absolute atomic E-state index is 11.8. The summed E-state index contributed by atoms with van der Waals surface area (Å²) in [5.41, 5.74) is 4.75. The smallest absolute Gasteiger partial charge is 0.809 e. The summed E-state index contributed by atoms with van der Waals surface area (Å²) in [6, 6.07) is 0. The number of nitrogens with two attached hydrogens (primary N) is 1. The summed E-state index contributed by atoms with van der Waals surface area (Å²) in [6.07, 6.45) is -1.19. The molecule has 1 saturated heterocycles. The number of ether oxygens (including phenoxy) is 2. The summed E-state index contributed by atoms with van der Waals surface area (Å²) < 4.78 is 22.4. The van der Waals surface area contributed by atoms with Gasteiger partial charge >= 0.3 is 59.1 Å². The van der Waals surface area contributed by atoms with Crippen molar-refractivity contribution in [2.45, 2.75) is 18.4 Å². The molecule has 4 N–H and O–H groups in total. The Morgan fingerprint density at radius 3 is 2.80 bits per heavy atom. The van der Waals surface area contributed by atoms with E-state index < -0.39 is 31.5 Å². The molecule has 12 nitrogen and oxygen atoms in total. The molecule has 0 aromatic carbocycles. The molecule has 2 aromatic rings. The van der Waals surface area contributed by atoms with Gasteiger partial charge in [0.15, 0.2) is 11.2 Å². The number of fused-ring (bicyclic) bond motifs is 1. The van der Waals surface area contributed by atoms with Crippen molar-refractivity contribution in [2.75, 3.05) is 18.7 Å². The monoisotopic (exact) mass is 391 g/mol. The van der Waals surface area contributed by atoms with Crippen LogP contribution < -0.4 is 80.2 Å². The van der Waals surface area contributed by atoms with Gasteiger partial charge in [-0.25, -0.2) is 4.98 Å². The topological polar surface area (TPSA) is 191 Å². The molecule has 1 aliphatic rings. The molecule has 1 fully saturated rings. The molecule has 3 heterocycles. The van der Waals surface area contributed by atoms with E-state index in [0.29, 0.717) is 0 Å². The number of aromatic amines is 1. The molecule has 0 radical (unpaired) electrons. The van der Waals surface area contributed by atoms with E-state index in [2.05, 4.69) is 15.0 Å². The third-order valence-corrected chi connectivity index (χ3v) is 3.68. The SMILES string of the molecule is Nc1nc2c(ncn2[C@@]2(OCP(=O)([O-])[O-])C[C@H](O)CO2)c(=O)[nH]1.[Na+].[Na+]. The minimum absolute atomic E-state index is 0. The molecule has 126 valence electrons. The van der Waals surface area contributed by atoms with Crippen molar-refractivity contribution >= 4 is 24.7 Å². The van der Waals surface area contributed by atoms with Crippen LogP contribution in [0.2, 0.25) is 0 Å². The molecule has 0 saturated carbocycles. The second kappa shape index (κ2) is 8.46. The van der Waals surface area contributed by atoms with E-state index >= 15 is 0 Å². The number of imidazole rings is 1. The first-order chi connectivity index (χ1) is 10.7. The van der Waals surface area contributed by atoms with Crippen LogP contribution in [0.4, 0.5) is 5.95 Å². The number of nitrogen functional groups attached to an aromatic ring is 1. The Kier molecular flexibility index (Phi) is 7.86. The van der Waals surface area contributed by atoms with E-state index in [1.54, 1.807) is 0 Å². The van der Waals surface area contributed by atoms with Crippen LogP contribution >= 0.6 is 7.60 Å². The van der Waals surface area contributed by atoms with Crippen molar-refractivity contribution < 1.29 is 88.0 Å². The third kappa shape index (κ3) is 4.92. The van der Waals surface area contributed by atoms with Gasteiger partial charge in [-0.05, 0) is 7.60 Å². The molecule has 0 amide bonds. The fraction of sp³-hybridized carbons (Fsp3) is 0.500. The van der Waals surface area contributed by atoms with Gasteiger partial charge in [-0.15, -0.1) is 0 Å².